The molecule has 1 heterocycles. The van der Waals surface area contributed by atoms with Crippen LogP contribution < -0.4 is 14.6 Å². The number of nitrogens with zero attached hydrogens (tertiary/aromatic N) is 1. The van der Waals surface area contributed by atoms with Crippen LogP contribution in [0.5, 0.6) is 11.5 Å². The summed E-state index contributed by atoms with van der Waals surface area (Å²) in [4.78, 5) is 16.1. The molecular formula is C22H20NO4S-. The average molecular weight is 394 g/mol. The van der Waals surface area contributed by atoms with E-state index in [0.717, 1.165) is 28.9 Å². The van der Waals surface area contributed by atoms with E-state index in [0.29, 0.717) is 28.8 Å². The monoisotopic (exact) mass is 394 g/mol. The fraction of sp³-hybridized carbons (Fsp3) is 0.182. The van der Waals surface area contributed by atoms with Crippen LogP contribution in [0, 0.1) is 0 Å². The van der Waals surface area contributed by atoms with E-state index in [1.165, 1.54) is 0 Å². The highest BCUT2D eigenvalue weighted by molar-refractivity contribution is 7.14. The Morgan fingerprint density at radius 3 is 2.61 bits per heavy atom. The Morgan fingerprint density at radius 2 is 1.93 bits per heavy atom. The fourth-order valence-corrected chi connectivity index (χ4v) is 3.45. The van der Waals surface area contributed by atoms with Crippen LogP contribution in [0.15, 0.2) is 48.5 Å². The molecule has 0 amide bonds. The molecule has 0 saturated heterocycles. The number of hydrogen-bond donors (Lipinski definition) is 0. The first-order valence-corrected chi connectivity index (χ1v) is 9.70. The lowest BCUT2D eigenvalue weighted by atomic mass is 10.1. The van der Waals surface area contributed by atoms with Crippen LogP contribution in [0.4, 0.5) is 0 Å². The van der Waals surface area contributed by atoms with Crippen molar-refractivity contribution in [1.29, 1.82) is 0 Å². The quantitative estimate of drug-likeness (QED) is 0.574. The smallest absolute Gasteiger partial charge is 0.161 e. The second-order valence-corrected chi connectivity index (χ2v) is 7.01. The molecule has 0 aliphatic heterocycles. The lowest BCUT2D eigenvalue weighted by molar-refractivity contribution is -0.254. The number of hydrogen-bond acceptors (Lipinski definition) is 6. The van der Waals surface area contributed by atoms with Gasteiger partial charge in [-0.1, -0.05) is 49.4 Å². The van der Waals surface area contributed by atoms with Crippen molar-refractivity contribution < 1.29 is 19.4 Å². The van der Waals surface area contributed by atoms with Gasteiger partial charge in [0.1, 0.15) is 5.01 Å². The summed E-state index contributed by atoms with van der Waals surface area (Å²) in [5.74, 6) is 0.118. The summed E-state index contributed by atoms with van der Waals surface area (Å²) in [6.45, 7) is 2.64. The van der Waals surface area contributed by atoms with Gasteiger partial charge in [0.2, 0.25) is 0 Å². The second kappa shape index (κ2) is 9.19. The number of carboxylic acids is 1. The van der Waals surface area contributed by atoms with E-state index in [-0.39, 0.29) is 4.88 Å². The average Bonchev–Trinajstić information content (AvgIpc) is 3.16. The van der Waals surface area contributed by atoms with E-state index < -0.39 is 5.97 Å². The topological polar surface area (TPSA) is 71.5 Å². The number of carbonyl (C=O) groups excluding carboxylic acids is 1. The Kier molecular flexibility index (Phi) is 6.45. The van der Waals surface area contributed by atoms with Gasteiger partial charge in [-0.2, -0.15) is 0 Å². The molecule has 0 fully saturated rings. The van der Waals surface area contributed by atoms with Crippen LogP contribution in [-0.4, -0.2) is 24.7 Å². The maximum absolute atomic E-state index is 11.5. The summed E-state index contributed by atoms with van der Waals surface area (Å²) in [5, 5.41) is 12.1. The molecule has 5 nitrogen and oxygen atoms in total. The van der Waals surface area contributed by atoms with Crippen LogP contribution in [0.25, 0.3) is 23.4 Å². The van der Waals surface area contributed by atoms with Crippen LogP contribution >= 0.6 is 11.3 Å². The van der Waals surface area contributed by atoms with E-state index in [1.807, 2.05) is 61.5 Å². The molecule has 0 atom stereocenters. The van der Waals surface area contributed by atoms with Crippen LogP contribution in [-0.2, 0) is 0 Å². The first kappa shape index (κ1) is 19.6. The van der Waals surface area contributed by atoms with Crippen LogP contribution in [0.2, 0.25) is 0 Å². The zero-order valence-corrected chi connectivity index (χ0v) is 16.5. The van der Waals surface area contributed by atoms with Crippen molar-refractivity contribution in [3.63, 3.8) is 0 Å². The Bertz CT molecular complexity index is 979. The van der Waals surface area contributed by atoms with Crippen molar-refractivity contribution in [2.45, 2.75) is 13.3 Å². The van der Waals surface area contributed by atoms with E-state index in [2.05, 4.69) is 4.98 Å². The summed E-state index contributed by atoms with van der Waals surface area (Å²) in [6, 6.07) is 14.9. The second-order valence-electron chi connectivity index (χ2n) is 5.98. The summed E-state index contributed by atoms with van der Waals surface area (Å²) in [6.07, 6.45) is 4.55. The number of aromatic nitrogens is 1. The number of thiazole rings is 1. The van der Waals surface area contributed by atoms with Crippen molar-refractivity contribution in [2.75, 3.05) is 13.7 Å². The highest BCUT2D eigenvalue weighted by Gasteiger charge is 2.12. The summed E-state index contributed by atoms with van der Waals surface area (Å²) in [7, 11) is 1.60. The minimum absolute atomic E-state index is 0.118. The van der Waals surface area contributed by atoms with Crippen molar-refractivity contribution >= 4 is 29.5 Å². The molecule has 28 heavy (non-hydrogen) atoms. The molecule has 2 aromatic carbocycles. The van der Waals surface area contributed by atoms with Crippen molar-refractivity contribution in [3.8, 4) is 22.8 Å². The highest BCUT2D eigenvalue weighted by Crippen LogP contribution is 2.31. The van der Waals surface area contributed by atoms with Crippen LogP contribution in [0.1, 0.15) is 33.6 Å². The normalized spacial score (nSPS) is 10.9. The SMILES string of the molecule is CCCOc1cc(/C=C/c2nc(-c3ccccc3)c(C(=O)[O-])s2)ccc1OC. The number of methoxy groups -OCH3 is 1. The third-order valence-electron chi connectivity index (χ3n) is 3.94. The molecule has 6 heteroatoms. The molecule has 0 aliphatic carbocycles. The molecule has 3 rings (SSSR count). The first-order valence-electron chi connectivity index (χ1n) is 8.89. The molecule has 1 aromatic heterocycles. The number of benzene rings is 2. The Morgan fingerprint density at radius 1 is 1.14 bits per heavy atom. The molecule has 0 N–H and O–H groups in total. The number of aromatic carboxylic acids is 1. The van der Waals surface area contributed by atoms with E-state index >= 15 is 0 Å². The Labute approximate surface area is 167 Å². The van der Waals surface area contributed by atoms with Crippen LogP contribution in [0.3, 0.4) is 0 Å². The van der Waals surface area contributed by atoms with Gasteiger partial charge in [0, 0.05) is 5.56 Å². The molecule has 0 unspecified atom stereocenters. The lowest BCUT2D eigenvalue weighted by Gasteiger charge is -2.10. The standard InChI is InChI=1S/C22H21NO4S/c1-3-13-27-18-14-15(9-11-17(18)26-2)10-12-19-23-20(21(28-19)22(24)25)16-7-5-4-6-8-16/h4-12,14H,3,13H2,1-2H3,(H,24,25)/p-1/b12-10+. The number of carboxylic acid groups (broad SMARTS) is 1. The lowest BCUT2D eigenvalue weighted by Crippen LogP contribution is -2.21. The Balaban J connectivity index is 1.89. The summed E-state index contributed by atoms with van der Waals surface area (Å²) >= 11 is 1.09. The third-order valence-corrected chi connectivity index (χ3v) is 4.94. The number of ether oxygens (including phenoxy) is 2. The summed E-state index contributed by atoms with van der Waals surface area (Å²) in [5.41, 5.74) is 2.07. The predicted octanol–water partition coefficient (Wildman–Crippen LogP) is 4.14. The van der Waals surface area contributed by atoms with Gasteiger partial charge in [-0.25, -0.2) is 4.98 Å². The third kappa shape index (κ3) is 4.58. The van der Waals surface area contributed by atoms with Gasteiger partial charge in [0.15, 0.2) is 11.5 Å². The Hall–Kier alpha value is -3.12. The van der Waals surface area contributed by atoms with Gasteiger partial charge in [0.05, 0.1) is 30.3 Å². The molecule has 0 bridgehead atoms. The summed E-state index contributed by atoms with van der Waals surface area (Å²) < 4.78 is 11.0. The minimum atomic E-state index is -1.23. The van der Waals surface area contributed by atoms with E-state index in [9.17, 15) is 9.90 Å². The minimum Gasteiger partial charge on any atom is -0.544 e. The van der Waals surface area contributed by atoms with Gasteiger partial charge in [-0.15, -0.1) is 11.3 Å². The zero-order valence-electron chi connectivity index (χ0n) is 15.7. The van der Waals surface area contributed by atoms with Gasteiger partial charge in [-0.3, -0.25) is 0 Å². The van der Waals surface area contributed by atoms with E-state index in [1.54, 1.807) is 13.2 Å². The van der Waals surface area contributed by atoms with Gasteiger partial charge >= 0.3 is 0 Å². The highest BCUT2D eigenvalue weighted by atomic mass is 32.1. The first-order chi connectivity index (χ1) is 13.6. The predicted molar refractivity (Wildman–Crippen MR) is 110 cm³/mol. The number of rotatable bonds is 8. The zero-order chi connectivity index (χ0) is 19.9. The molecule has 3 aromatic rings. The van der Waals surface area contributed by atoms with Crippen molar-refractivity contribution in [3.05, 3.63) is 64.0 Å². The molecule has 0 aliphatic rings. The van der Waals surface area contributed by atoms with E-state index in [4.69, 9.17) is 9.47 Å². The maximum atomic E-state index is 11.5. The van der Waals surface area contributed by atoms with Gasteiger partial charge in [-0.05, 0) is 30.2 Å². The fourth-order valence-electron chi connectivity index (χ4n) is 2.63. The molecular weight excluding hydrogens is 374 g/mol. The number of carbonyl (C=O) groups is 1. The van der Waals surface area contributed by atoms with Crippen molar-refractivity contribution in [2.24, 2.45) is 0 Å². The maximum Gasteiger partial charge on any atom is 0.161 e. The largest absolute Gasteiger partial charge is 0.544 e. The molecule has 0 spiro atoms. The molecule has 0 radical (unpaired) electrons. The van der Waals surface area contributed by atoms with Gasteiger partial charge < -0.3 is 19.4 Å². The molecule has 144 valence electrons. The molecule has 0 saturated carbocycles. The van der Waals surface area contributed by atoms with Gasteiger partial charge in [0.25, 0.3) is 0 Å². The van der Waals surface area contributed by atoms with Crippen molar-refractivity contribution in [1.82, 2.24) is 4.98 Å².